The minimum absolute atomic E-state index is 0.0965. The molecule has 4 atom stereocenters. The molecule has 2 aliphatic heterocycles. The Morgan fingerprint density at radius 3 is 2.59 bits per heavy atom. The lowest BCUT2D eigenvalue weighted by Gasteiger charge is -2.28. The number of hydrogen-bond donors (Lipinski definition) is 1. The Bertz CT molecular complexity index is 987. The summed E-state index contributed by atoms with van der Waals surface area (Å²) in [4.78, 5) is 5.76. The van der Waals surface area contributed by atoms with E-state index in [1.165, 1.54) is 6.07 Å². The minimum Gasteiger partial charge on any atom is -0.377 e. The second-order valence-electron chi connectivity index (χ2n) is 8.94. The Kier molecular flexibility index (Phi) is 5.37. The Balaban J connectivity index is 1.19. The van der Waals surface area contributed by atoms with E-state index < -0.39 is 18.2 Å². The van der Waals surface area contributed by atoms with Crippen LogP contribution in [0.25, 0.3) is 11.3 Å². The topological polar surface area (TPSA) is 63.2 Å². The molecular weight excluding hydrogens is 419 g/mol. The van der Waals surface area contributed by atoms with E-state index in [0.717, 1.165) is 50.6 Å². The number of nitrogens with one attached hydrogen (secondary N) is 1. The van der Waals surface area contributed by atoms with E-state index in [1.807, 2.05) is 4.90 Å². The quantitative estimate of drug-likeness (QED) is 0.737. The van der Waals surface area contributed by atoms with E-state index >= 15 is 0 Å². The van der Waals surface area contributed by atoms with Crippen LogP contribution in [0.2, 0.25) is 0 Å². The van der Waals surface area contributed by atoms with Crippen LogP contribution in [0, 0.1) is 11.8 Å². The van der Waals surface area contributed by atoms with Crippen molar-refractivity contribution >= 4 is 5.82 Å². The molecule has 1 unspecified atom stereocenters. The van der Waals surface area contributed by atoms with Gasteiger partial charge in [-0.15, -0.1) is 10.2 Å². The van der Waals surface area contributed by atoms with Crippen LogP contribution in [0.1, 0.15) is 40.4 Å². The minimum atomic E-state index is -4.49. The van der Waals surface area contributed by atoms with Crippen molar-refractivity contribution in [2.24, 2.45) is 11.8 Å². The third-order valence-electron chi connectivity index (χ3n) is 6.68. The molecule has 5 rings (SSSR count). The van der Waals surface area contributed by atoms with Crippen LogP contribution in [0.3, 0.4) is 0 Å². The van der Waals surface area contributed by atoms with Crippen molar-refractivity contribution in [1.29, 1.82) is 0 Å². The summed E-state index contributed by atoms with van der Waals surface area (Å²) >= 11 is 0. The van der Waals surface area contributed by atoms with Gasteiger partial charge >= 0.3 is 6.18 Å². The number of nitrogens with zero attached hydrogens (tertiary/aromatic N) is 4. The first-order valence-corrected chi connectivity index (χ1v) is 11.2. The Morgan fingerprint density at radius 1 is 1.12 bits per heavy atom. The third-order valence-corrected chi connectivity index (χ3v) is 6.68. The number of likely N-dealkylation sites (tertiary alicyclic amines) is 1. The fraction of sp³-hybridized carbons (Fsp3) is 0.609. The second-order valence-corrected chi connectivity index (χ2v) is 8.94. The van der Waals surface area contributed by atoms with Crippen molar-refractivity contribution in [3.05, 3.63) is 36.2 Å². The maximum absolute atomic E-state index is 13.3. The van der Waals surface area contributed by atoms with Crippen LogP contribution < -0.4 is 5.32 Å². The van der Waals surface area contributed by atoms with Gasteiger partial charge < -0.3 is 15.0 Å². The smallest absolute Gasteiger partial charge is 0.377 e. The fourth-order valence-electron chi connectivity index (χ4n) is 5.18. The predicted octanol–water partition coefficient (Wildman–Crippen LogP) is 4.25. The first kappa shape index (κ1) is 19.2. The molecule has 0 radical (unpaired) electrons. The van der Waals surface area contributed by atoms with Crippen molar-refractivity contribution in [1.82, 2.24) is 20.1 Å². The summed E-state index contributed by atoms with van der Waals surface area (Å²) in [6.07, 6.45) is 1.98. The van der Waals surface area contributed by atoms with Gasteiger partial charge in [0.25, 0.3) is 0 Å². The van der Waals surface area contributed by atoms with Crippen LogP contribution >= 0.6 is 0 Å². The van der Waals surface area contributed by atoms with Crippen LogP contribution in [-0.2, 0) is 10.9 Å². The Morgan fingerprint density at radius 2 is 1.94 bits per heavy atom. The third kappa shape index (κ3) is 4.73. The molecule has 0 aromatic carbocycles. The molecule has 3 aliphatic rings. The lowest BCUT2D eigenvalue weighted by Crippen LogP contribution is -2.35. The number of aromatic nitrogens is 3. The molecule has 9 heteroatoms. The second kappa shape index (κ2) is 8.94. The molecule has 0 amide bonds. The molecule has 172 valence electrons. The molecule has 1 N–H and O–H groups in total. The summed E-state index contributed by atoms with van der Waals surface area (Å²) in [5.41, 5.74) is -0.762. The maximum atomic E-state index is 13.3. The molecule has 1 saturated carbocycles. The summed E-state index contributed by atoms with van der Waals surface area (Å²) < 4.78 is 62.8. The van der Waals surface area contributed by atoms with E-state index in [4.69, 9.17) is 7.48 Å². The van der Waals surface area contributed by atoms with Crippen molar-refractivity contribution < 1.29 is 20.6 Å². The first-order chi connectivity index (χ1) is 16.2. The number of anilines is 1. The van der Waals surface area contributed by atoms with Gasteiger partial charge in [-0.25, -0.2) is 0 Å². The zero-order valence-corrected chi connectivity index (χ0v) is 17.7. The largest absolute Gasteiger partial charge is 0.417 e. The van der Waals surface area contributed by atoms with Crippen molar-refractivity contribution in [2.75, 3.05) is 31.5 Å². The molecule has 2 aromatic rings. The molecule has 6 nitrogen and oxygen atoms in total. The van der Waals surface area contributed by atoms with Gasteiger partial charge in [-0.1, -0.05) is 0 Å². The summed E-state index contributed by atoms with van der Waals surface area (Å²) in [5.74, 6) is 1.32. The highest BCUT2D eigenvalue weighted by Gasteiger charge is 2.41. The van der Waals surface area contributed by atoms with Gasteiger partial charge in [-0.2, -0.15) is 13.2 Å². The van der Waals surface area contributed by atoms with Crippen LogP contribution in [0.4, 0.5) is 19.0 Å². The summed E-state index contributed by atoms with van der Waals surface area (Å²) in [6, 6.07) is 4.29. The molecule has 0 bridgehead atoms. The number of halogens is 3. The molecule has 2 saturated heterocycles. The van der Waals surface area contributed by atoms with E-state index in [2.05, 4.69) is 20.5 Å². The van der Waals surface area contributed by atoms with Gasteiger partial charge in [0.15, 0.2) is 0 Å². The number of alkyl halides is 3. The van der Waals surface area contributed by atoms with Gasteiger partial charge in [0.1, 0.15) is 5.82 Å². The van der Waals surface area contributed by atoms with Gasteiger partial charge in [0.05, 0.1) is 17.4 Å². The number of fused-ring (bicyclic) bond motifs is 1. The average molecular weight is 450 g/mol. The molecule has 32 heavy (non-hydrogen) atoms. The number of hydrogen-bond acceptors (Lipinski definition) is 6. The zero-order chi connectivity index (χ0) is 23.9. The average Bonchev–Trinajstić information content (AvgIpc) is 3.39. The SMILES string of the molecule is [2H]C([2H])([C@H]1CCCCO1)N1C[C@H]2CC(Nc3ccc(-c4cnccc4C(F)(F)F)nn3)C[C@H]2C1. The van der Waals surface area contributed by atoms with E-state index in [-0.39, 0.29) is 23.4 Å². The highest BCUT2D eigenvalue weighted by Crippen LogP contribution is 2.40. The van der Waals surface area contributed by atoms with E-state index in [9.17, 15) is 13.2 Å². The molecule has 0 spiro atoms. The zero-order valence-electron chi connectivity index (χ0n) is 19.7. The summed E-state index contributed by atoms with van der Waals surface area (Å²) in [6.45, 7) is 0.606. The maximum Gasteiger partial charge on any atom is 0.417 e. The van der Waals surface area contributed by atoms with Gasteiger partial charge in [0, 0.05) is 52.9 Å². The molecule has 1 aliphatic carbocycles. The highest BCUT2D eigenvalue weighted by molar-refractivity contribution is 5.63. The molecular formula is C23H28F3N5O. The van der Waals surface area contributed by atoms with Gasteiger partial charge in [-0.3, -0.25) is 4.98 Å². The fourth-order valence-corrected chi connectivity index (χ4v) is 5.18. The lowest BCUT2D eigenvalue weighted by atomic mass is 10.0. The monoisotopic (exact) mass is 449 g/mol. The predicted molar refractivity (Wildman–Crippen MR) is 114 cm³/mol. The lowest BCUT2D eigenvalue weighted by molar-refractivity contribution is -0.137. The van der Waals surface area contributed by atoms with Crippen LogP contribution in [0.15, 0.2) is 30.6 Å². The first-order valence-electron chi connectivity index (χ1n) is 12.2. The van der Waals surface area contributed by atoms with Crippen LogP contribution in [0.5, 0.6) is 0 Å². The van der Waals surface area contributed by atoms with Crippen molar-refractivity contribution in [2.45, 2.75) is 50.4 Å². The van der Waals surface area contributed by atoms with E-state index in [1.54, 1.807) is 6.07 Å². The van der Waals surface area contributed by atoms with Gasteiger partial charge in [-0.05, 0) is 62.1 Å². The van der Waals surface area contributed by atoms with E-state index in [0.29, 0.717) is 37.4 Å². The van der Waals surface area contributed by atoms with Crippen molar-refractivity contribution in [3.8, 4) is 11.3 Å². The molecule has 4 heterocycles. The number of ether oxygens (including phenoxy) is 1. The van der Waals surface area contributed by atoms with Gasteiger partial charge in [0.2, 0.25) is 0 Å². The van der Waals surface area contributed by atoms with Crippen molar-refractivity contribution in [3.63, 3.8) is 0 Å². The molecule has 2 aromatic heterocycles. The Labute approximate surface area is 188 Å². The van der Waals surface area contributed by atoms with Crippen LogP contribution in [-0.4, -0.2) is 58.4 Å². The standard InChI is InChI=1S/C23H28F3N5O/c24-23(25,26)20-6-7-27-11-19(20)21-4-5-22(30-29-21)28-17-9-15-12-31(13-16(15)10-17)14-18-3-1-2-8-32-18/h4-7,11,15-18H,1-3,8-10,12-14H2,(H,28,30)/t15-,16+,17?,18-/m1/s1/i14D2. The molecule has 3 fully saturated rings. The Hall–Kier alpha value is -2.26. The number of pyridine rings is 1. The highest BCUT2D eigenvalue weighted by atomic mass is 19.4. The summed E-state index contributed by atoms with van der Waals surface area (Å²) in [7, 11) is 0. The number of rotatable bonds is 5. The normalized spacial score (nSPS) is 30.0. The summed E-state index contributed by atoms with van der Waals surface area (Å²) in [5, 5.41) is 11.5.